The number of benzene rings is 2. The number of carbonyl (C=O) groups excluding carboxylic acids is 2. The average Bonchev–Trinajstić information content (AvgIpc) is 3.74. The maximum absolute atomic E-state index is 15.0. The van der Waals surface area contributed by atoms with Crippen LogP contribution in [-0.2, 0) is 16.9 Å². The van der Waals surface area contributed by atoms with Crippen LogP contribution in [0.4, 0.5) is 0 Å². The number of likely N-dealkylation sites (N-methyl/N-ethyl adjacent to an activating group) is 1. The summed E-state index contributed by atoms with van der Waals surface area (Å²) in [5.41, 5.74) is 2.36. The van der Waals surface area contributed by atoms with Crippen LogP contribution in [0, 0.1) is 35.0 Å². The van der Waals surface area contributed by atoms with Gasteiger partial charge in [0, 0.05) is 12.6 Å². The summed E-state index contributed by atoms with van der Waals surface area (Å²) in [5.74, 6) is 0.597. The molecule has 230 valence electrons. The first-order chi connectivity index (χ1) is 21.5. The van der Waals surface area contributed by atoms with E-state index in [2.05, 4.69) is 49.2 Å². The number of hydrogen-bond donors (Lipinski definition) is 1. The van der Waals surface area contributed by atoms with E-state index in [1.54, 1.807) is 6.07 Å². The van der Waals surface area contributed by atoms with Gasteiger partial charge < -0.3 is 14.6 Å². The molecule has 4 fully saturated rings. The van der Waals surface area contributed by atoms with Crippen LogP contribution in [-0.4, -0.2) is 46.8 Å². The van der Waals surface area contributed by atoms with Crippen molar-refractivity contribution in [2.24, 2.45) is 23.7 Å². The number of amides is 2. The van der Waals surface area contributed by atoms with Crippen molar-refractivity contribution in [1.29, 1.82) is 5.26 Å². The van der Waals surface area contributed by atoms with Crippen LogP contribution in [0.3, 0.4) is 0 Å². The van der Waals surface area contributed by atoms with E-state index in [0.717, 1.165) is 56.3 Å². The zero-order valence-corrected chi connectivity index (χ0v) is 26.1. The Morgan fingerprint density at radius 1 is 1.02 bits per heavy atom. The first-order valence-corrected chi connectivity index (χ1v) is 16.4. The summed E-state index contributed by atoms with van der Waals surface area (Å²) in [4.78, 5) is 34.1. The summed E-state index contributed by atoms with van der Waals surface area (Å²) in [7, 11) is 0. The molecule has 0 radical (unpaired) electrons. The molecule has 7 nitrogen and oxygen atoms in total. The summed E-state index contributed by atoms with van der Waals surface area (Å²) < 4.78 is 5.44. The van der Waals surface area contributed by atoms with Crippen molar-refractivity contribution in [3.8, 4) is 6.07 Å². The topological polar surface area (TPSA) is 89.6 Å². The molecule has 4 bridgehead atoms. The van der Waals surface area contributed by atoms with Crippen LogP contribution in [0.15, 0.2) is 77.6 Å². The number of nitriles is 1. The van der Waals surface area contributed by atoms with Crippen molar-refractivity contribution < 1.29 is 14.0 Å². The Balaban J connectivity index is 1.59. The van der Waals surface area contributed by atoms with E-state index >= 15 is 0 Å². The fourth-order valence-electron chi connectivity index (χ4n) is 9.35. The molecule has 7 atom stereocenters. The summed E-state index contributed by atoms with van der Waals surface area (Å²) in [6, 6.07) is 21.3. The molecule has 7 heteroatoms. The van der Waals surface area contributed by atoms with E-state index < -0.39 is 11.6 Å². The highest BCUT2D eigenvalue weighted by atomic mass is 16.3. The van der Waals surface area contributed by atoms with Crippen molar-refractivity contribution in [3.05, 3.63) is 95.4 Å². The van der Waals surface area contributed by atoms with Gasteiger partial charge in [-0.05, 0) is 85.3 Å². The van der Waals surface area contributed by atoms with Crippen LogP contribution in [0.25, 0.3) is 0 Å². The average molecular weight is 593 g/mol. The third-order valence-corrected chi connectivity index (χ3v) is 10.9. The van der Waals surface area contributed by atoms with E-state index in [1.165, 1.54) is 12.5 Å². The molecule has 2 saturated carbocycles. The van der Waals surface area contributed by atoms with Crippen LogP contribution in [0.5, 0.6) is 0 Å². The van der Waals surface area contributed by atoms with E-state index in [4.69, 9.17) is 4.42 Å². The van der Waals surface area contributed by atoms with Crippen molar-refractivity contribution in [3.63, 3.8) is 0 Å². The smallest absolute Gasteiger partial charge is 0.258 e. The lowest BCUT2D eigenvalue weighted by Gasteiger charge is -2.70. The molecule has 0 spiro atoms. The van der Waals surface area contributed by atoms with E-state index in [9.17, 15) is 14.9 Å². The lowest BCUT2D eigenvalue weighted by Crippen LogP contribution is -2.80. The summed E-state index contributed by atoms with van der Waals surface area (Å²) in [6.45, 7) is 8.76. The third kappa shape index (κ3) is 4.75. The first-order valence-electron chi connectivity index (χ1n) is 16.4. The Morgan fingerprint density at radius 3 is 2.39 bits per heavy atom. The van der Waals surface area contributed by atoms with E-state index in [-0.39, 0.29) is 35.6 Å². The predicted molar refractivity (Wildman–Crippen MR) is 169 cm³/mol. The molecule has 2 amide bonds. The molecule has 7 rings (SSSR count). The highest BCUT2D eigenvalue weighted by Gasteiger charge is 2.74. The summed E-state index contributed by atoms with van der Waals surface area (Å²) >= 11 is 0. The standard InChI is InChI=1S/C37H44N4O3/c1-4-7-13-31-29-18-19-30-32(29)33(35(42)39-23-26-11-9-8-10-12-26)41(36(43)27-20-21-44-24-27)37(31,34(30)40(5-2)6-3)28-16-14-25(22-38)15-17-28/h8-12,14-17,20-21,24,29-34H,4-7,13,18-19,23H2,1-3H3,(H,39,42)/t29-,30-,31-,32+,33-,34+,37-/m0/s1. The zero-order chi connectivity index (χ0) is 30.8. The highest BCUT2D eigenvalue weighted by Crippen LogP contribution is 2.68. The second kappa shape index (κ2) is 12.6. The number of furan rings is 1. The Hall–Kier alpha value is -3.89. The molecule has 4 aliphatic rings. The number of fused-ring (bicyclic) bond motifs is 1. The second-order valence-electron chi connectivity index (χ2n) is 12.7. The number of rotatable bonds is 11. The van der Waals surface area contributed by atoms with Gasteiger partial charge in [0.1, 0.15) is 12.3 Å². The van der Waals surface area contributed by atoms with Gasteiger partial charge in [0.2, 0.25) is 5.91 Å². The number of piperidine rings is 2. The van der Waals surface area contributed by atoms with E-state index in [0.29, 0.717) is 23.6 Å². The fourth-order valence-corrected chi connectivity index (χ4v) is 9.35. The quantitative estimate of drug-likeness (QED) is 0.280. The van der Waals surface area contributed by atoms with Crippen molar-refractivity contribution in [1.82, 2.24) is 15.1 Å². The third-order valence-electron chi connectivity index (χ3n) is 10.9. The lowest BCUT2D eigenvalue weighted by atomic mass is 9.49. The molecule has 1 aromatic heterocycles. The molecular formula is C37H44N4O3. The van der Waals surface area contributed by atoms with Gasteiger partial charge >= 0.3 is 0 Å². The molecule has 3 aromatic rings. The van der Waals surface area contributed by atoms with Crippen LogP contribution < -0.4 is 5.32 Å². The Kier molecular flexibility index (Phi) is 8.64. The number of nitrogens with zero attached hydrogens (tertiary/aromatic N) is 3. The maximum Gasteiger partial charge on any atom is 0.258 e. The number of unbranched alkanes of at least 4 members (excludes halogenated alkanes) is 1. The summed E-state index contributed by atoms with van der Waals surface area (Å²) in [6.07, 6.45) is 8.26. The van der Waals surface area contributed by atoms with Gasteiger partial charge in [0.05, 0.1) is 29.0 Å². The van der Waals surface area contributed by atoms with Crippen LogP contribution in [0.1, 0.15) is 79.9 Å². The van der Waals surface area contributed by atoms with Crippen LogP contribution >= 0.6 is 0 Å². The molecule has 2 saturated heterocycles. The molecule has 2 aliphatic heterocycles. The molecule has 2 aliphatic carbocycles. The first kappa shape index (κ1) is 30.1. The lowest BCUT2D eigenvalue weighted by molar-refractivity contribution is -0.197. The van der Waals surface area contributed by atoms with Crippen molar-refractivity contribution >= 4 is 11.8 Å². The molecule has 3 heterocycles. The molecule has 44 heavy (non-hydrogen) atoms. The SMILES string of the molecule is CCCC[C@H]1[C@@H]2CC[C@H]3[C@@H]2[C@@H](C(=O)NCc2ccccc2)N(C(=O)c2ccoc2)[C@]1(c1ccc(C#N)cc1)[C@@H]3N(CC)CC. The Bertz CT molecular complexity index is 1480. The monoisotopic (exact) mass is 592 g/mol. The van der Waals surface area contributed by atoms with Gasteiger partial charge in [-0.3, -0.25) is 14.5 Å². The fraction of sp³-hybridized carbons (Fsp3) is 0.486. The highest BCUT2D eigenvalue weighted by molar-refractivity contribution is 5.99. The second-order valence-corrected chi connectivity index (χ2v) is 12.7. The van der Waals surface area contributed by atoms with Crippen molar-refractivity contribution in [2.75, 3.05) is 13.1 Å². The van der Waals surface area contributed by atoms with Gasteiger partial charge in [-0.15, -0.1) is 0 Å². The van der Waals surface area contributed by atoms with Crippen molar-refractivity contribution in [2.45, 2.75) is 77.0 Å². The minimum absolute atomic E-state index is 0.0464. The minimum Gasteiger partial charge on any atom is -0.472 e. The number of nitrogens with one attached hydrogen (secondary N) is 1. The largest absolute Gasteiger partial charge is 0.472 e. The van der Waals surface area contributed by atoms with Crippen LogP contribution in [0.2, 0.25) is 0 Å². The summed E-state index contributed by atoms with van der Waals surface area (Å²) in [5, 5.41) is 13.0. The minimum atomic E-state index is -0.751. The Labute approximate surface area is 261 Å². The molecular weight excluding hydrogens is 548 g/mol. The normalized spacial score (nSPS) is 28.7. The number of carbonyl (C=O) groups is 2. The van der Waals surface area contributed by atoms with Gasteiger partial charge in [0.25, 0.3) is 5.91 Å². The Morgan fingerprint density at radius 2 is 1.75 bits per heavy atom. The molecule has 2 aromatic carbocycles. The molecule has 0 unspecified atom stereocenters. The maximum atomic E-state index is 15.0. The predicted octanol–water partition coefficient (Wildman–Crippen LogP) is 6.36. The van der Waals surface area contributed by atoms with Gasteiger partial charge in [-0.25, -0.2) is 0 Å². The number of hydrogen-bond acceptors (Lipinski definition) is 5. The van der Waals surface area contributed by atoms with Gasteiger partial charge in [-0.1, -0.05) is 76.1 Å². The van der Waals surface area contributed by atoms with Gasteiger partial charge in [-0.2, -0.15) is 5.26 Å². The zero-order valence-electron chi connectivity index (χ0n) is 26.1. The molecule has 1 N–H and O–H groups in total. The van der Waals surface area contributed by atoms with E-state index in [1.807, 2.05) is 47.4 Å². The van der Waals surface area contributed by atoms with Gasteiger partial charge in [0.15, 0.2) is 0 Å².